The van der Waals surface area contributed by atoms with Crippen molar-refractivity contribution >= 4 is 5.91 Å². The third kappa shape index (κ3) is 2.19. The van der Waals surface area contributed by atoms with Crippen LogP contribution >= 0.6 is 0 Å². The molecule has 2 atom stereocenters. The van der Waals surface area contributed by atoms with E-state index in [0.717, 1.165) is 6.42 Å². The van der Waals surface area contributed by atoms with Gasteiger partial charge < -0.3 is 10.1 Å². The maximum absolute atomic E-state index is 10.9. The van der Waals surface area contributed by atoms with E-state index < -0.39 is 0 Å². The van der Waals surface area contributed by atoms with Crippen LogP contribution in [0.2, 0.25) is 0 Å². The molecule has 64 valence electrons. The van der Waals surface area contributed by atoms with Crippen LogP contribution in [0.15, 0.2) is 0 Å². The van der Waals surface area contributed by atoms with Gasteiger partial charge in [-0.15, -0.1) is 0 Å². The van der Waals surface area contributed by atoms with E-state index in [9.17, 15) is 4.79 Å². The van der Waals surface area contributed by atoms with E-state index in [4.69, 9.17) is 4.74 Å². The molecular formula is C8H15NO2. The van der Waals surface area contributed by atoms with Crippen LogP contribution in [-0.4, -0.2) is 25.2 Å². The highest BCUT2D eigenvalue weighted by molar-refractivity contribution is 5.78. The lowest BCUT2D eigenvalue weighted by Gasteiger charge is -2.27. The molecule has 0 bridgehead atoms. The topological polar surface area (TPSA) is 38.3 Å². The summed E-state index contributed by atoms with van der Waals surface area (Å²) in [6, 6.07) is 0.223. The quantitative estimate of drug-likeness (QED) is 0.635. The first-order valence-electron chi connectivity index (χ1n) is 4.11. The fourth-order valence-electron chi connectivity index (χ4n) is 1.16. The van der Waals surface area contributed by atoms with Gasteiger partial charge in [0.05, 0.1) is 12.6 Å². The summed E-state index contributed by atoms with van der Waals surface area (Å²) in [4.78, 5) is 10.9. The van der Waals surface area contributed by atoms with Gasteiger partial charge in [0, 0.05) is 0 Å². The maximum atomic E-state index is 10.9. The largest absolute Gasteiger partial charge is 0.370 e. The number of ether oxygens (including phenoxy) is 1. The van der Waals surface area contributed by atoms with Gasteiger partial charge in [-0.25, -0.2) is 0 Å². The molecule has 3 nitrogen and oxygen atoms in total. The third-order valence-corrected chi connectivity index (χ3v) is 2.21. The first kappa shape index (κ1) is 8.53. The maximum Gasteiger partial charge on any atom is 0.246 e. The van der Waals surface area contributed by atoms with E-state index in [0.29, 0.717) is 12.5 Å². The number of carbonyl (C=O) groups is 1. The molecule has 0 aromatic carbocycles. The minimum Gasteiger partial charge on any atom is -0.370 e. The van der Waals surface area contributed by atoms with Crippen molar-refractivity contribution in [3.63, 3.8) is 0 Å². The van der Waals surface area contributed by atoms with Gasteiger partial charge in [0.15, 0.2) is 0 Å². The summed E-state index contributed by atoms with van der Waals surface area (Å²) in [5, 5.41) is 2.90. The molecule has 1 aliphatic rings. The molecule has 1 amide bonds. The zero-order chi connectivity index (χ0) is 8.27. The van der Waals surface area contributed by atoms with Crippen molar-refractivity contribution < 1.29 is 9.53 Å². The molecule has 0 spiro atoms. The Bertz CT molecular complexity index is 147. The highest BCUT2D eigenvalue weighted by atomic mass is 16.5. The number of rotatable bonds is 2. The molecule has 11 heavy (non-hydrogen) atoms. The zero-order valence-electron chi connectivity index (χ0n) is 7.09. The fraction of sp³-hybridized carbons (Fsp3) is 0.875. The second-order valence-corrected chi connectivity index (χ2v) is 3.07. The Hall–Kier alpha value is -0.570. The van der Waals surface area contributed by atoms with E-state index in [1.807, 2.05) is 0 Å². The van der Waals surface area contributed by atoms with E-state index in [-0.39, 0.29) is 18.6 Å². The number of carbonyl (C=O) groups excluding carboxylic acids is 1. The van der Waals surface area contributed by atoms with Crippen molar-refractivity contribution in [1.29, 1.82) is 0 Å². The molecule has 1 aliphatic heterocycles. The van der Waals surface area contributed by atoms with Gasteiger partial charge in [-0.1, -0.05) is 20.3 Å². The first-order valence-corrected chi connectivity index (χ1v) is 4.11. The average molecular weight is 157 g/mol. The SMILES string of the molecule is CCC(C)C1COCC(=O)N1. The number of hydrogen-bond acceptors (Lipinski definition) is 2. The average Bonchev–Trinajstić information content (AvgIpc) is 2.03. The Labute approximate surface area is 67.1 Å². The summed E-state index contributed by atoms with van der Waals surface area (Å²) in [6.07, 6.45) is 1.08. The van der Waals surface area contributed by atoms with Gasteiger partial charge in [0.2, 0.25) is 5.91 Å². The smallest absolute Gasteiger partial charge is 0.246 e. The Kier molecular flexibility index (Phi) is 2.88. The lowest BCUT2D eigenvalue weighted by molar-refractivity contribution is -0.132. The number of hydrogen-bond donors (Lipinski definition) is 1. The van der Waals surface area contributed by atoms with Gasteiger partial charge in [-0.2, -0.15) is 0 Å². The zero-order valence-corrected chi connectivity index (χ0v) is 7.09. The number of morpholine rings is 1. The molecule has 1 rings (SSSR count). The molecule has 1 heterocycles. The van der Waals surface area contributed by atoms with E-state index >= 15 is 0 Å². The highest BCUT2D eigenvalue weighted by Gasteiger charge is 2.22. The summed E-state index contributed by atoms with van der Waals surface area (Å²) >= 11 is 0. The second-order valence-electron chi connectivity index (χ2n) is 3.07. The molecule has 2 unspecified atom stereocenters. The first-order chi connectivity index (χ1) is 5.24. The molecule has 1 fully saturated rings. The summed E-state index contributed by atoms with van der Waals surface area (Å²) in [5.41, 5.74) is 0. The van der Waals surface area contributed by atoms with Gasteiger partial charge in [0.1, 0.15) is 6.61 Å². The van der Waals surface area contributed by atoms with Gasteiger partial charge in [-0.3, -0.25) is 4.79 Å². The molecule has 0 aliphatic carbocycles. The van der Waals surface area contributed by atoms with Crippen LogP contribution in [-0.2, 0) is 9.53 Å². The summed E-state index contributed by atoms with van der Waals surface area (Å²) in [7, 11) is 0. The van der Waals surface area contributed by atoms with Crippen LogP contribution in [0.5, 0.6) is 0 Å². The third-order valence-electron chi connectivity index (χ3n) is 2.21. The van der Waals surface area contributed by atoms with Crippen LogP contribution in [0.1, 0.15) is 20.3 Å². The predicted molar refractivity (Wildman–Crippen MR) is 42.2 cm³/mol. The summed E-state index contributed by atoms with van der Waals surface area (Å²) < 4.78 is 5.11. The van der Waals surface area contributed by atoms with Gasteiger partial charge >= 0.3 is 0 Å². The van der Waals surface area contributed by atoms with Crippen molar-refractivity contribution in [3.05, 3.63) is 0 Å². The van der Waals surface area contributed by atoms with Gasteiger partial charge in [0.25, 0.3) is 0 Å². The van der Waals surface area contributed by atoms with Crippen molar-refractivity contribution in [1.82, 2.24) is 5.32 Å². The minimum atomic E-state index is 0.0153. The predicted octanol–water partition coefficient (Wildman–Crippen LogP) is 0.547. The van der Waals surface area contributed by atoms with Crippen molar-refractivity contribution in [2.45, 2.75) is 26.3 Å². The molecule has 0 aromatic rings. The Morgan fingerprint density at radius 2 is 2.55 bits per heavy atom. The molecule has 1 N–H and O–H groups in total. The minimum absolute atomic E-state index is 0.0153. The van der Waals surface area contributed by atoms with Gasteiger partial charge in [-0.05, 0) is 5.92 Å². The van der Waals surface area contributed by atoms with Crippen LogP contribution in [0, 0.1) is 5.92 Å². The van der Waals surface area contributed by atoms with Crippen molar-refractivity contribution in [3.8, 4) is 0 Å². The van der Waals surface area contributed by atoms with Crippen LogP contribution in [0.3, 0.4) is 0 Å². The molecular weight excluding hydrogens is 142 g/mol. The lowest BCUT2D eigenvalue weighted by atomic mass is 9.99. The Morgan fingerprint density at radius 1 is 1.82 bits per heavy atom. The normalized spacial score (nSPS) is 27.8. The molecule has 0 saturated carbocycles. The Morgan fingerprint density at radius 3 is 3.09 bits per heavy atom. The van der Waals surface area contributed by atoms with E-state index in [2.05, 4.69) is 19.2 Å². The van der Waals surface area contributed by atoms with Crippen LogP contribution in [0.25, 0.3) is 0 Å². The standard InChI is InChI=1S/C8H15NO2/c1-3-6(2)7-4-11-5-8(10)9-7/h6-7H,3-5H2,1-2H3,(H,9,10). The molecule has 0 radical (unpaired) electrons. The molecule has 0 aromatic heterocycles. The molecule has 3 heteroatoms. The number of amides is 1. The summed E-state index contributed by atoms with van der Waals surface area (Å²) in [5.74, 6) is 0.529. The van der Waals surface area contributed by atoms with Crippen LogP contribution in [0.4, 0.5) is 0 Å². The van der Waals surface area contributed by atoms with Crippen LogP contribution < -0.4 is 5.32 Å². The second kappa shape index (κ2) is 3.72. The number of nitrogens with one attached hydrogen (secondary N) is 1. The Balaban J connectivity index is 2.39. The molecule has 1 saturated heterocycles. The van der Waals surface area contributed by atoms with Crippen molar-refractivity contribution in [2.24, 2.45) is 5.92 Å². The van der Waals surface area contributed by atoms with E-state index in [1.54, 1.807) is 0 Å². The van der Waals surface area contributed by atoms with Crippen molar-refractivity contribution in [2.75, 3.05) is 13.2 Å². The fourth-order valence-corrected chi connectivity index (χ4v) is 1.16. The monoisotopic (exact) mass is 157 g/mol. The highest BCUT2D eigenvalue weighted by Crippen LogP contribution is 2.10. The van der Waals surface area contributed by atoms with E-state index in [1.165, 1.54) is 0 Å². The lowest BCUT2D eigenvalue weighted by Crippen LogP contribution is -2.48. The summed E-state index contributed by atoms with van der Waals surface area (Å²) in [6.45, 7) is 5.14.